The first kappa shape index (κ1) is 13.2. The van der Waals surface area contributed by atoms with Crippen LogP contribution in [0.3, 0.4) is 0 Å². The molecule has 1 N–H and O–H groups in total. The summed E-state index contributed by atoms with van der Waals surface area (Å²) in [7, 11) is 0. The number of benzene rings is 1. The molecular formula is C13H11F3N2O. The van der Waals surface area contributed by atoms with Crippen molar-refractivity contribution < 1.29 is 17.6 Å². The molecule has 0 unspecified atom stereocenters. The first-order valence-corrected chi connectivity index (χ1v) is 5.48. The Morgan fingerprint density at radius 1 is 1.11 bits per heavy atom. The van der Waals surface area contributed by atoms with E-state index in [1.807, 2.05) is 0 Å². The maximum atomic E-state index is 12.3. The molecule has 19 heavy (non-hydrogen) atoms. The number of hydrogen-bond donors (Lipinski definition) is 1. The number of hydrazone groups is 1. The van der Waals surface area contributed by atoms with Crippen molar-refractivity contribution in [1.82, 2.24) is 0 Å². The maximum Gasteiger partial charge on any atom is 0.416 e. The summed E-state index contributed by atoms with van der Waals surface area (Å²) in [5, 5.41) is 3.87. The molecule has 100 valence electrons. The van der Waals surface area contributed by atoms with Crippen molar-refractivity contribution in [3.05, 3.63) is 53.5 Å². The predicted molar refractivity (Wildman–Crippen MR) is 66.1 cm³/mol. The molecule has 2 aromatic rings. The minimum atomic E-state index is -4.33. The SMILES string of the molecule is Cc1ccc(C=NNc2ccc(C(F)(F)F)cc2)o1. The van der Waals surface area contributed by atoms with E-state index in [4.69, 9.17) is 4.42 Å². The zero-order chi connectivity index (χ0) is 13.9. The number of hydrogen-bond acceptors (Lipinski definition) is 3. The number of halogens is 3. The lowest BCUT2D eigenvalue weighted by atomic mass is 10.2. The molecule has 2 rings (SSSR count). The summed E-state index contributed by atoms with van der Waals surface area (Å²) < 4.78 is 42.2. The number of aryl methyl sites for hydroxylation is 1. The lowest BCUT2D eigenvalue weighted by molar-refractivity contribution is -0.137. The summed E-state index contributed by atoms with van der Waals surface area (Å²) in [6.07, 6.45) is -2.88. The van der Waals surface area contributed by atoms with Crippen molar-refractivity contribution in [2.75, 3.05) is 5.43 Å². The summed E-state index contributed by atoms with van der Waals surface area (Å²) in [6, 6.07) is 8.15. The van der Waals surface area contributed by atoms with Gasteiger partial charge >= 0.3 is 6.18 Å². The molecule has 0 amide bonds. The largest absolute Gasteiger partial charge is 0.460 e. The summed E-state index contributed by atoms with van der Waals surface area (Å²) in [6.45, 7) is 1.81. The number of furan rings is 1. The van der Waals surface area contributed by atoms with E-state index in [9.17, 15) is 13.2 Å². The van der Waals surface area contributed by atoms with Crippen LogP contribution < -0.4 is 5.43 Å². The zero-order valence-corrected chi connectivity index (χ0v) is 10.0. The molecule has 0 fully saturated rings. The highest BCUT2D eigenvalue weighted by molar-refractivity contribution is 5.76. The molecule has 1 heterocycles. The number of nitrogens with one attached hydrogen (secondary N) is 1. The van der Waals surface area contributed by atoms with Crippen molar-refractivity contribution in [1.29, 1.82) is 0 Å². The van der Waals surface area contributed by atoms with Gasteiger partial charge in [-0.3, -0.25) is 5.43 Å². The van der Waals surface area contributed by atoms with Crippen molar-refractivity contribution >= 4 is 11.9 Å². The summed E-state index contributed by atoms with van der Waals surface area (Å²) >= 11 is 0. The number of rotatable bonds is 3. The second kappa shape index (κ2) is 5.17. The Bertz CT molecular complexity index is 570. The molecule has 0 saturated carbocycles. The molecule has 1 aromatic carbocycles. The monoisotopic (exact) mass is 268 g/mol. The van der Waals surface area contributed by atoms with Crippen LogP contribution in [0.25, 0.3) is 0 Å². The van der Waals surface area contributed by atoms with Crippen LogP contribution in [-0.2, 0) is 6.18 Å². The molecule has 0 spiro atoms. The van der Waals surface area contributed by atoms with E-state index in [2.05, 4.69) is 10.5 Å². The molecular weight excluding hydrogens is 257 g/mol. The van der Waals surface area contributed by atoms with Gasteiger partial charge in [0.15, 0.2) is 0 Å². The third-order valence-corrected chi connectivity index (χ3v) is 2.36. The highest BCUT2D eigenvalue weighted by Gasteiger charge is 2.29. The van der Waals surface area contributed by atoms with E-state index in [0.717, 1.165) is 17.9 Å². The van der Waals surface area contributed by atoms with E-state index in [0.29, 0.717) is 11.4 Å². The van der Waals surface area contributed by atoms with Crippen LogP contribution in [0.1, 0.15) is 17.1 Å². The van der Waals surface area contributed by atoms with Gasteiger partial charge in [0.2, 0.25) is 0 Å². The Balaban J connectivity index is 1.98. The first-order valence-electron chi connectivity index (χ1n) is 5.48. The lowest BCUT2D eigenvalue weighted by Crippen LogP contribution is -2.04. The van der Waals surface area contributed by atoms with Crippen LogP contribution in [0.2, 0.25) is 0 Å². The van der Waals surface area contributed by atoms with Crippen LogP contribution >= 0.6 is 0 Å². The molecule has 1 aromatic heterocycles. The smallest absolute Gasteiger partial charge is 0.416 e. The van der Waals surface area contributed by atoms with Gasteiger partial charge in [-0.25, -0.2) is 0 Å². The van der Waals surface area contributed by atoms with Gasteiger partial charge in [-0.15, -0.1) is 0 Å². The van der Waals surface area contributed by atoms with Crippen LogP contribution in [0.5, 0.6) is 0 Å². The second-order valence-corrected chi connectivity index (χ2v) is 3.89. The van der Waals surface area contributed by atoms with Gasteiger partial charge in [0, 0.05) is 0 Å². The van der Waals surface area contributed by atoms with Crippen molar-refractivity contribution in [2.45, 2.75) is 13.1 Å². The topological polar surface area (TPSA) is 37.5 Å². The molecule has 0 aliphatic rings. The van der Waals surface area contributed by atoms with E-state index in [-0.39, 0.29) is 0 Å². The van der Waals surface area contributed by atoms with E-state index < -0.39 is 11.7 Å². The number of nitrogens with zero attached hydrogens (tertiary/aromatic N) is 1. The van der Waals surface area contributed by atoms with Crippen molar-refractivity contribution in [3.8, 4) is 0 Å². The zero-order valence-electron chi connectivity index (χ0n) is 10.0. The third kappa shape index (κ3) is 3.61. The summed E-state index contributed by atoms with van der Waals surface area (Å²) in [5.41, 5.74) is 2.40. The molecule has 6 heteroatoms. The molecule has 0 bridgehead atoms. The Labute approximate surface area is 107 Å². The van der Waals surface area contributed by atoms with Gasteiger partial charge in [0.05, 0.1) is 17.5 Å². The summed E-state index contributed by atoms with van der Waals surface area (Å²) in [4.78, 5) is 0. The fourth-order valence-electron chi connectivity index (χ4n) is 1.43. The quantitative estimate of drug-likeness (QED) is 0.673. The molecule has 3 nitrogen and oxygen atoms in total. The Kier molecular flexibility index (Phi) is 3.59. The summed E-state index contributed by atoms with van der Waals surface area (Å²) in [5.74, 6) is 1.33. The van der Waals surface area contributed by atoms with Gasteiger partial charge in [0.25, 0.3) is 0 Å². The Morgan fingerprint density at radius 3 is 2.32 bits per heavy atom. The number of anilines is 1. The highest BCUT2D eigenvalue weighted by Crippen LogP contribution is 2.29. The van der Waals surface area contributed by atoms with Crippen LogP contribution in [0, 0.1) is 6.92 Å². The van der Waals surface area contributed by atoms with Gasteiger partial charge < -0.3 is 4.42 Å². The lowest BCUT2D eigenvalue weighted by Gasteiger charge is -2.06. The van der Waals surface area contributed by atoms with Crippen LogP contribution in [0.4, 0.5) is 18.9 Å². The van der Waals surface area contributed by atoms with Gasteiger partial charge in [-0.1, -0.05) is 0 Å². The van der Waals surface area contributed by atoms with Gasteiger partial charge in [-0.2, -0.15) is 18.3 Å². The first-order chi connectivity index (χ1) is 8.95. The Morgan fingerprint density at radius 2 is 1.79 bits per heavy atom. The minimum absolute atomic E-state index is 0.465. The predicted octanol–water partition coefficient (Wildman–Crippen LogP) is 4.05. The molecule has 0 radical (unpaired) electrons. The molecule has 0 aliphatic carbocycles. The number of alkyl halides is 3. The maximum absolute atomic E-state index is 12.3. The average Bonchev–Trinajstić information content (AvgIpc) is 2.75. The van der Waals surface area contributed by atoms with Crippen molar-refractivity contribution in [3.63, 3.8) is 0 Å². The molecule has 0 saturated heterocycles. The minimum Gasteiger partial charge on any atom is -0.460 e. The fourth-order valence-corrected chi connectivity index (χ4v) is 1.43. The standard InChI is InChI=1S/C13H11F3N2O/c1-9-2-7-12(19-9)8-17-18-11-5-3-10(4-6-11)13(14,15)16/h2-8,18H,1H3. The average molecular weight is 268 g/mol. The Hall–Kier alpha value is -2.24. The van der Waals surface area contributed by atoms with Crippen LogP contribution in [-0.4, -0.2) is 6.21 Å². The van der Waals surface area contributed by atoms with Crippen molar-refractivity contribution in [2.24, 2.45) is 5.10 Å². The van der Waals surface area contributed by atoms with E-state index >= 15 is 0 Å². The normalized spacial score (nSPS) is 12.0. The van der Waals surface area contributed by atoms with E-state index in [1.54, 1.807) is 19.1 Å². The molecule has 0 aliphatic heterocycles. The molecule has 0 atom stereocenters. The van der Waals surface area contributed by atoms with Gasteiger partial charge in [0.1, 0.15) is 11.5 Å². The highest BCUT2D eigenvalue weighted by atomic mass is 19.4. The third-order valence-electron chi connectivity index (χ3n) is 2.36. The van der Waals surface area contributed by atoms with Crippen LogP contribution in [0.15, 0.2) is 45.9 Å². The second-order valence-electron chi connectivity index (χ2n) is 3.89. The van der Waals surface area contributed by atoms with E-state index in [1.165, 1.54) is 18.3 Å². The fraction of sp³-hybridized carbons (Fsp3) is 0.154. The van der Waals surface area contributed by atoms with Gasteiger partial charge in [-0.05, 0) is 43.3 Å².